The first-order valence-electron chi connectivity index (χ1n) is 5.85. The molecule has 0 aromatic heterocycles. The average molecular weight is 264 g/mol. The summed E-state index contributed by atoms with van der Waals surface area (Å²) in [6.07, 6.45) is -0.777. The van der Waals surface area contributed by atoms with Gasteiger partial charge in [-0.1, -0.05) is 42.0 Å². The molecule has 0 saturated heterocycles. The molecule has 1 atom stereocenters. The molecule has 2 rings (SSSR count). The highest BCUT2D eigenvalue weighted by molar-refractivity contribution is 5.35. The summed E-state index contributed by atoms with van der Waals surface area (Å²) in [4.78, 5) is 0. The van der Waals surface area contributed by atoms with E-state index in [4.69, 9.17) is 0 Å². The van der Waals surface area contributed by atoms with E-state index in [1.54, 1.807) is 12.1 Å². The topological polar surface area (TPSA) is 29.5 Å². The number of aliphatic hydroxyl groups excluding tert-OH is 1. The highest BCUT2D eigenvalue weighted by Crippen LogP contribution is 2.25. The third-order valence-electron chi connectivity index (χ3n) is 2.78. The minimum absolute atomic E-state index is 0.0789. The van der Waals surface area contributed by atoms with Crippen molar-refractivity contribution in [1.29, 1.82) is 0 Å². The summed E-state index contributed by atoms with van der Waals surface area (Å²) >= 11 is 0. The minimum Gasteiger partial charge on any atom is -0.435 e. The molecular formula is C15H14F2O2. The molecule has 0 bridgehead atoms. The van der Waals surface area contributed by atoms with Gasteiger partial charge in [-0.25, -0.2) is 0 Å². The summed E-state index contributed by atoms with van der Waals surface area (Å²) in [5.74, 6) is 0.0789. The number of halogens is 2. The Morgan fingerprint density at radius 2 is 1.68 bits per heavy atom. The Morgan fingerprint density at radius 1 is 1.00 bits per heavy atom. The maximum absolute atomic E-state index is 12.0. The normalized spacial score (nSPS) is 12.5. The van der Waals surface area contributed by atoms with Crippen molar-refractivity contribution in [2.75, 3.05) is 0 Å². The van der Waals surface area contributed by atoms with E-state index in [1.165, 1.54) is 12.1 Å². The van der Waals surface area contributed by atoms with Crippen LogP contribution in [0.25, 0.3) is 0 Å². The SMILES string of the molecule is Cc1cccc(C(O)c2ccc(OC(F)F)cc2)c1. The van der Waals surface area contributed by atoms with Gasteiger partial charge in [0.2, 0.25) is 0 Å². The van der Waals surface area contributed by atoms with Gasteiger partial charge >= 0.3 is 6.61 Å². The second kappa shape index (κ2) is 5.80. The fourth-order valence-electron chi connectivity index (χ4n) is 1.86. The molecule has 0 spiro atoms. The second-order valence-electron chi connectivity index (χ2n) is 4.26. The zero-order chi connectivity index (χ0) is 13.8. The largest absolute Gasteiger partial charge is 0.435 e. The average Bonchev–Trinajstić information content (AvgIpc) is 2.38. The Hall–Kier alpha value is -1.94. The van der Waals surface area contributed by atoms with Crippen molar-refractivity contribution < 1.29 is 18.6 Å². The van der Waals surface area contributed by atoms with Crippen molar-refractivity contribution in [1.82, 2.24) is 0 Å². The lowest BCUT2D eigenvalue weighted by atomic mass is 10.00. The Kier molecular flexibility index (Phi) is 4.12. The standard InChI is InChI=1S/C15H14F2O2/c1-10-3-2-4-12(9-10)14(18)11-5-7-13(8-6-11)19-15(16)17/h2-9,14-15,18H,1H3. The van der Waals surface area contributed by atoms with Gasteiger partial charge < -0.3 is 9.84 Å². The maximum atomic E-state index is 12.0. The number of aliphatic hydroxyl groups is 1. The van der Waals surface area contributed by atoms with E-state index in [0.29, 0.717) is 5.56 Å². The number of aryl methyl sites for hydroxylation is 1. The zero-order valence-electron chi connectivity index (χ0n) is 10.4. The van der Waals surface area contributed by atoms with Gasteiger partial charge in [0, 0.05) is 0 Å². The van der Waals surface area contributed by atoms with Gasteiger partial charge in [-0.15, -0.1) is 0 Å². The van der Waals surface area contributed by atoms with Crippen LogP contribution in [0, 0.1) is 6.92 Å². The summed E-state index contributed by atoms with van der Waals surface area (Å²) in [5.41, 5.74) is 2.45. The predicted molar refractivity (Wildman–Crippen MR) is 68.3 cm³/mol. The van der Waals surface area contributed by atoms with Crippen molar-refractivity contribution in [2.45, 2.75) is 19.6 Å². The number of hydrogen-bond donors (Lipinski definition) is 1. The van der Waals surface area contributed by atoms with Gasteiger partial charge in [0.15, 0.2) is 0 Å². The Balaban J connectivity index is 2.17. The fourth-order valence-corrected chi connectivity index (χ4v) is 1.86. The number of ether oxygens (including phenoxy) is 1. The highest BCUT2D eigenvalue weighted by atomic mass is 19.3. The molecule has 1 unspecified atom stereocenters. The monoisotopic (exact) mass is 264 g/mol. The van der Waals surface area contributed by atoms with Crippen LogP contribution in [0.1, 0.15) is 22.8 Å². The third kappa shape index (κ3) is 3.51. The van der Waals surface area contributed by atoms with Gasteiger partial charge in [-0.05, 0) is 30.2 Å². The molecule has 0 aliphatic rings. The molecule has 0 aliphatic heterocycles. The number of alkyl halides is 2. The molecule has 0 aliphatic carbocycles. The quantitative estimate of drug-likeness (QED) is 0.912. The molecule has 2 nitrogen and oxygen atoms in total. The molecule has 0 fully saturated rings. The molecule has 0 saturated carbocycles. The molecule has 2 aromatic rings. The van der Waals surface area contributed by atoms with Crippen LogP contribution in [-0.2, 0) is 0 Å². The van der Waals surface area contributed by atoms with Crippen LogP contribution < -0.4 is 4.74 Å². The lowest BCUT2D eigenvalue weighted by Crippen LogP contribution is -2.03. The van der Waals surface area contributed by atoms with Gasteiger partial charge in [0.25, 0.3) is 0 Å². The van der Waals surface area contributed by atoms with Crippen LogP contribution >= 0.6 is 0 Å². The van der Waals surface area contributed by atoms with Gasteiger partial charge in [0.05, 0.1) is 0 Å². The van der Waals surface area contributed by atoms with Crippen LogP contribution in [0.3, 0.4) is 0 Å². The van der Waals surface area contributed by atoms with Gasteiger partial charge in [0.1, 0.15) is 11.9 Å². The molecule has 0 radical (unpaired) electrons. The Labute approximate surface area is 110 Å². The second-order valence-corrected chi connectivity index (χ2v) is 4.26. The molecule has 2 aromatic carbocycles. The summed E-state index contributed by atoms with van der Waals surface area (Å²) in [6, 6.07) is 13.5. The first kappa shape index (κ1) is 13.5. The van der Waals surface area contributed by atoms with E-state index in [2.05, 4.69) is 4.74 Å². The number of rotatable bonds is 4. The lowest BCUT2D eigenvalue weighted by Gasteiger charge is -2.13. The van der Waals surface area contributed by atoms with Gasteiger partial charge in [-0.3, -0.25) is 0 Å². The zero-order valence-corrected chi connectivity index (χ0v) is 10.4. The summed E-state index contributed by atoms with van der Waals surface area (Å²) < 4.78 is 28.3. The van der Waals surface area contributed by atoms with Crippen LogP contribution in [0.15, 0.2) is 48.5 Å². The first-order chi connectivity index (χ1) is 9.06. The predicted octanol–water partition coefficient (Wildman–Crippen LogP) is 3.68. The van der Waals surface area contributed by atoms with E-state index in [0.717, 1.165) is 11.1 Å². The van der Waals surface area contributed by atoms with Crippen LogP contribution in [0.5, 0.6) is 5.75 Å². The number of benzene rings is 2. The van der Waals surface area contributed by atoms with E-state index in [9.17, 15) is 13.9 Å². The Morgan fingerprint density at radius 3 is 2.26 bits per heavy atom. The Bertz CT molecular complexity index is 538. The fraction of sp³-hybridized carbons (Fsp3) is 0.200. The van der Waals surface area contributed by atoms with Crippen molar-refractivity contribution in [2.24, 2.45) is 0 Å². The molecule has 4 heteroatoms. The highest BCUT2D eigenvalue weighted by Gasteiger charge is 2.11. The van der Waals surface area contributed by atoms with E-state index < -0.39 is 12.7 Å². The van der Waals surface area contributed by atoms with Crippen molar-refractivity contribution >= 4 is 0 Å². The summed E-state index contributed by atoms with van der Waals surface area (Å²) in [7, 11) is 0. The summed E-state index contributed by atoms with van der Waals surface area (Å²) in [6.45, 7) is -0.900. The van der Waals surface area contributed by atoms with Crippen molar-refractivity contribution in [3.05, 3.63) is 65.2 Å². The molecule has 0 amide bonds. The van der Waals surface area contributed by atoms with Crippen LogP contribution in [0.2, 0.25) is 0 Å². The maximum Gasteiger partial charge on any atom is 0.387 e. The van der Waals surface area contributed by atoms with Gasteiger partial charge in [-0.2, -0.15) is 8.78 Å². The smallest absolute Gasteiger partial charge is 0.387 e. The molecular weight excluding hydrogens is 250 g/mol. The summed E-state index contributed by atoms with van der Waals surface area (Å²) in [5, 5.41) is 10.2. The van der Waals surface area contributed by atoms with E-state index in [-0.39, 0.29) is 5.75 Å². The lowest BCUT2D eigenvalue weighted by molar-refractivity contribution is -0.0498. The van der Waals surface area contributed by atoms with Crippen molar-refractivity contribution in [3.63, 3.8) is 0 Å². The molecule has 0 heterocycles. The third-order valence-corrected chi connectivity index (χ3v) is 2.78. The molecule has 19 heavy (non-hydrogen) atoms. The van der Waals surface area contributed by atoms with E-state index >= 15 is 0 Å². The van der Waals surface area contributed by atoms with Crippen LogP contribution in [-0.4, -0.2) is 11.7 Å². The molecule has 1 N–H and O–H groups in total. The first-order valence-corrected chi connectivity index (χ1v) is 5.85. The van der Waals surface area contributed by atoms with Crippen LogP contribution in [0.4, 0.5) is 8.78 Å². The number of hydrogen-bond acceptors (Lipinski definition) is 2. The minimum atomic E-state index is -2.84. The van der Waals surface area contributed by atoms with E-state index in [1.807, 2.05) is 31.2 Å². The molecule has 100 valence electrons. The van der Waals surface area contributed by atoms with Crippen molar-refractivity contribution in [3.8, 4) is 5.75 Å².